The second kappa shape index (κ2) is 6.49. The minimum absolute atomic E-state index is 0.0170. The van der Waals surface area contributed by atoms with Crippen molar-refractivity contribution in [1.29, 1.82) is 0 Å². The van der Waals surface area contributed by atoms with Gasteiger partial charge in [-0.1, -0.05) is 20.8 Å². The number of hydrogen-bond acceptors (Lipinski definition) is 4. The molecule has 1 atom stereocenters. The summed E-state index contributed by atoms with van der Waals surface area (Å²) in [5, 5.41) is 11.4. The maximum absolute atomic E-state index is 12.3. The zero-order chi connectivity index (χ0) is 17.3. The van der Waals surface area contributed by atoms with E-state index in [9.17, 15) is 4.79 Å². The third kappa shape index (κ3) is 5.52. The number of nitrogens with one attached hydrogen (secondary N) is 1. The van der Waals surface area contributed by atoms with Gasteiger partial charge in [0.25, 0.3) is 0 Å². The van der Waals surface area contributed by atoms with Crippen LogP contribution in [0.4, 0.5) is 4.79 Å². The minimum atomic E-state index is -0.228. The molecule has 0 bridgehead atoms. The summed E-state index contributed by atoms with van der Waals surface area (Å²) in [6, 6.07) is -0.0170. The number of aromatic nitrogens is 2. The summed E-state index contributed by atoms with van der Waals surface area (Å²) in [5.41, 5.74) is -0.108. The van der Waals surface area contributed by atoms with Crippen LogP contribution in [-0.2, 0) is 6.42 Å². The maximum Gasteiger partial charge on any atom is 0.317 e. The number of piperidine rings is 1. The molecular formula is C17H30N4O2. The Bertz CT molecular complexity index is 540. The van der Waals surface area contributed by atoms with E-state index in [0.29, 0.717) is 18.3 Å². The maximum atomic E-state index is 12.3. The van der Waals surface area contributed by atoms with E-state index in [0.717, 1.165) is 25.8 Å². The standard InChI is InChI=1S/C17H30N4O2/c1-16(2,3)10-13-19-20-14(23-13)12-8-7-9-21(11-12)15(22)18-17(4,5)6/h12H,7-11H2,1-6H3,(H,18,22). The quantitative estimate of drug-likeness (QED) is 0.906. The van der Waals surface area contributed by atoms with Crippen LogP contribution in [0.25, 0.3) is 0 Å². The second-order valence-electron chi connectivity index (χ2n) is 8.74. The highest BCUT2D eigenvalue weighted by atomic mass is 16.4. The number of amides is 2. The van der Waals surface area contributed by atoms with Crippen LogP contribution in [0.1, 0.15) is 72.1 Å². The lowest BCUT2D eigenvalue weighted by Crippen LogP contribution is -2.51. The normalized spacial score (nSPS) is 19.7. The average Bonchev–Trinajstić information content (AvgIpc) is 2.83. The number of likely N-dealkylation sites (tertiary alicyclic amines) is 1. The van der Waals surface area contributed by atoms with E-state index in [-0.39, 0.29) is 22.9 Å². The van der Waals surface area contributed by atoms with Gasteiger partial charge in [-0.25, -0.2) is 4.79 Å². The molecule has 6 nitrogen and oxygen atoms in total. The van der Waals surface area contributed by atoms with Crippen molar-refractivity contribution in [2.45, 2.75) is 72.3 Å². The molecule has 0 radical (unpaired) electrons. The van der Waals surface area contributed by atoms with E-state index in [2.05, 4.69) is 36.3 Å². The van der Waals surface area contributed by atoms with Gasteiger partial charge in [-0.05, 0) is 39.0 Å². The predicted molar refractivity (Wildman–Crippen MR) is 89.3 cm³/mol. The predicted octanol–water partition coefficient (Wildman–Crippen LogP) is 3.35. The molecule has 1 fully saturated rings. The van der Waals surface area contributed by atoms with Crippen LogP contribution in [-0.4, -0.2) is 39.8 Å². The number of hydrogen-bond donors (Lipinski definition) is 1. The Balaban J connectivity index is 2.00. The molecule has 2 amide bonds. The first-order valence-corrected chi connectivity index (χ1v) is 8.43. The van der Waals surface area contributed by atoms with E-state index in [4.69, 9.17) is 4.42 Å². The largest absolute Gasteiger partial charge is 0.425 e. The third-order valence-electron chi connectivity index (χ3n) is 3.70. The lowest BCUT2D eigenvalue weighted by atomic mass is 9.92. The van der Waals surface area contributed by atoms with Crippen molar-refractivity contribution in [3.63, 3.8) is 0 Å². The Hall–Kier alpha value is -1.59. The topological polar surface area (TPSA) is 71.3 Å². The zero-order valence-corrected chi connectivity index (χ0v) is 15.3. The molecule has 1 unspecified atom stereocenters. The van der Waals surface area contributed by atoms with Crippen molar-refractivity contribution in [3.8, 4) is 0 Å². The Morgan fingerprint density at radius 1 is 1.26 bits per heavy atom. The van der Waals surface area contributed by atoms with E-state index in [1.807, 2.05) is 25.7 Å². The van der Waals surface area contributed by atoms with Gasteiger partial charge in [0.1, 0.15) is 0 Å². The first kappa shape index (κ1) is 17.8. The number of rotatable bonds is 2. The lowest BCUT2D eigenvalue weighted by Gasteiger charge is -2.33. The number of carbonyl (C=O) groups is 1. The molecule has 1 aromatic heterocycles. The number of carbonyl (C=O) groups excluding carboxylic acids is 1. The van der Waals surface area contributed by atoms with Crippen LogP contribution in [0.2, 0.25) is 0 Å². The van der Waals surface area contributed by atoms with E-state index >= 15 is 0 Å². The molecule has 0 saturated carbocycles. The van der Waals surface area contributed by atoms with Gasteiger partial charge in [0, 0.05) is 25.0 Å². The van der Waals surface area contributed by atoms with Crippen molar-refractivity contribution in [3.05, 3.63) is 11.8 Å². The monoisotopic (exact) mass is 322 g/mol. The van der Waals surface area contributed by atoms with E-state index in [1.165, 1.54) is 0 Å². The van der Waals surface area contributed by atoms with Gasteiger partial charge >= 0.3 is 6.03 Å². The van der Waals surface area contributed by atoms with Gasteiger partial charge < -0.3 is 14.6 Å². The average molecular weight is 322 g/mol. The van der Waals surface area contributed by atoms with Gasteiger partial charge in [0.05, 0.1) is 5.92 Å². The summed E-state index contributed by atoms with van der Waals surface area (Å²) in [6.07, 6.45) is 2.70. The molecule has 1 aliphatic heterocycles. The Kier molecular flexibility index (Phi) is 5.01. The van der Waals surface area contributed by atoms with E-state index < -0.39 is 0 Å². The van der Waals surface area contributed by atoms with Gasteiger partial charge in [0.15, 0.2) is 0 Å². The molecule has 2 heterocycles. The Labute approximate surface area is 139 Å². The molecule has 0 aromatic carbocycles. The highest BCUT2D eigenvalue weighted by Gasteiger charge is 2.30. The minimum Gasteiger partial charge on any atom is -0.425 e. The fraction of sp³-hybridized carbons (Fsp3) is 0.824. The fourth-order valence-electron chi connectivity index (χ4n) is 2.72. The van der Waals surface area contributed by atoms with Crippen molar-refractivity contribution >= 4 is 6.03 Å². The highest BCUT2D eigenvalue weighted by Crippen LogP contribution is 2.28. The van der Waals surface area contributed by atoms with Crippen LogP contribution >= 0.6 is 0 Å². The number of nitrogens with zero attached hydrogens (tertiary/aromatic N) is 3. The summed E-state index contributed by atoms with van der Waals surface area (Å²) in [5.74, 6) is 1.48. The molecule has 1 aliphatic rings. The van der Waals surface area contributed by atoms with Gasteiger partial charge in [-0.2, -0.15) is 0 Å². The summed E-state index contributed by atoms with van der Waals surface area (Å²) in [7, 11) is 0. The number of urea groups is 1. The zero-order valence-electron chi connectivity index (χ0n) is 15.3. The van der Waals surface area contributed by atoms with Crippen LogP contribution in [0, 0.1) is 5.41 Å². The van der Waals surface area contributed by atoms with Crippen LogP contribution in [0.15, 0.2) is 4.42 Å². The first-order valence-electron chi connectivity index (χ1n) is 8.43. The highest BCUT2D eigenvalue weighted by molar-refractivity contribution is 5.75. The molecule has 2 rings (SSSR count). The molecule has 0 spiro atoms. The third-order valence-corrected chi connectivity index (χ3v) is 3.70. The van der Waals surface area contributed by atoms with E-state index in [1.54, 1.807) is 0 Å². The second-order valence-corrected chi connectivity index (χ2v) is 8.74. The van der Waals surface area contributed by atoms with Crippen LogP contribution in [0.3, 0.4) is 0 Å². The summed E-state index contributed by atoms with van der Waals surface area (Å²) in [6.45, 7) is 13.8. The molecule has 1 N–H and O–H groups in total. The fourth-order valence-corrected chi connectivity index (χ4v) is 2.72. The SMILES string of the molecule is CC(C)(C)Cc1nnc(C2CCCN(C(=O)NC(C)(C)C)C2)o1. The van der Waals surface area contributed by atoms with Gasteiger partial charge in [-0.3, -0.25) is 0 Å². The molecule has 130 valence electrons. The summed E-state index contributed by atoms with van der Waals surface area (Å²) < 4.78 is 5.85. The Morgan fingerprint density at radius 2 is 1.96 bits per heavy atom. The summed E-state index contributed by atoms with van der Waals surface area (Å²) in [4.78, 5) is 14.2. The molecule has 6 heteroatoms. The molecule has 1 aromatic rings. The smallest absolute Gasteiger partial charge is 0.317 e. The van der Waals surface area contributed by atoms with Crippen molar-refractivity contribution in [2.24, 2.45) is 5.41 Å². The molecule has 23 heavy (non-hydrogen) atoms. The van der Waals surface area contributed by atoms with Crippen molar-refractivity contribution < 1.29 is 9.21 Å². The molecule has 0 aliphatic carbocycles. The molecular weight excluding hydrogens is 292 g/mol. The first-order chi connectivity index (χ1) is 10.5. The molecule has 1 saturated heterocycles. The lowest BCUT2D eigenvalue weighted by molar-refractivity contribution is 0.166. The summed E-state index contributed by atoms with van der Waals surface area (Å²) >= 11 is 0. The van der Waals surface area contributed by atoms with Crippen LogP contribution < -0.4 is 5.32 Å². The van der Waals surface area contributed by atoms with Crippen LogP contribution in [0.5, 0.6) is 0 Å². The van der Waals surface area contributed by atoms with Crippen molar-refractivity contribution in [2.75, 3.05) is 13.1 Å². The van der Waals surface area contributed by atoms with Gasteiger partial charge in [-0.15, -0.1) is 10.2 Å². The van der Waals surface area contributed by atoms with Gasteiger partial charge in [0.2, 0.25) is 11.8 Å². The Morgan fingerprint density at radius 3 is 2.57 bits per heavy atom. The van der Waals surface area contributed by atoms with Crippen molar-refractivity contribution in [1.82, 2.24) is 20.4 Å².